The first-order valence-corrected chi connectivity index (χ1v) is 13.8. The Bertz CT molecular complexity index is 1100. The third kappa shape index (κ3) is 8.24. The number of methoxy groups -OCH3 is 1. The number of esters is 1. The number of alkyl halides is 2. The molecule has 0 unspecified atom stereocenters. The van der Waals surface area contributed by atoms with E-state index in [0.29, 0.717) is 31.4 Å². The van der Waals surface area contributed by atoms with Gasteiger partial charge in [-0.3, -0.25) is 9.36 Å². The highest BCUT2D eigenvalue weighted by molar-refractivity contribution is 7.54. The van der Waals surface area contributed by atoms with Gasteiger partial charge in [0.05, 0.1) is 26.9 Å². The minimum atomic E-state index is -4.68. The normalized spacial score (nSPS) is 11.7. The lowest BCUT2D eigenvalue weighted by molar-refractivity contribution is -0.121. The smallest absolute Gasteiger partial charge is 0.404 e. The second kappa shape index (κ2) is 14.8. The maximum atomic E-state index is 14.8. The van der Waals surface area contributed by atoms with Crippen LogP contribution in [0, 0.1) is 0 Å². The lowest BCUT2D eigenvalue weighted by atomic mass is 10.1. The predicted molar refractivity (Wildman–Crippen MR) is 137 cm³/mol. The van der Waals surface area contributed by atoms with Gasteiger partial charge in [0.25, 0.3) is 0 Å². The van der Waals surface area contributed by atoms with Crippen molar-refractivity contribution in [3.05, 3.63) is 59.2 Å². The van der Waals surface area contributed by atoms with Crippen LogP contribution in [-0.4, -0.2) is 50.5 Å². The Kier molecular flexibility index (Phi) is 12.2. The Morgan fingerprint density at radius 3 is 2.29 bits per heavy atom. The molecule has 12 heteroatoms. The van der Waals surface area contributed by atoms with E-state index in [9.17, 15) is 28.0 Å². The minimum absolute atomic E-state index is 0.0438. The quantitative estimate of drug-likeness (QED) is 0.160. The number of aromatic hydroxyl groups is 1. The molecular weight excluding hydrogens is 523 g/mol. The van der Waals surface area contributed by atoms with Gasteiger partial charge >= 0.3 is 19.2 Å². The standard InChI is InChI=1S/C26H34F2NO8P/c1-4-36-38(33,37-5-2)26(27,28)20-14-11-19(12-15-20)13-16-23(31)29-17-6-7-18-35-22-10-8-9-21(30)24(22)25(32)34-3/h8-12,14-15,30H,4-7,13,16-18H2,1-3H3,(H,29,31). The molecule has 2 aromatic carbocycles. The largest absolute Gasteiger partial charge is 0.507 e. The maximum absolute atomic E-state index is 14.8. The van der Waals surface area contributed by atoms with E-state index < -0.39 is 24.8 Å². The van der Waals surface area contributed by atoms with Gasteiger partial charge in [0.15, 0.2) is 0 Å². The van der Waals surface area contributed by atoms with E-state index in [4.69, 9.17) is 13.8 Å². The van der Waals surface area contributed by atoms with E-state index in [1.165, 1.54) is 39.2 Å². The Labute approximate surface area is 221 Å². The number of phenolic OH excluding ortho intramolecular Hbond substituents is 1. The maximum Gasteiger partial charge on any atom is 0.404 e. The third-order valence-corrected chi connectivity index (χ3v) is 7.57. The van der Waals surface area contributed by atoms with Crippen LogP contribution in [0.1, 0.15) is 54.6 Å². The molecule has 2 rings (SSSR count). The van der Waals surface area contributed by atoms with Gasteiger partial charge in [-0.05, 0) is 50.8 Å². The molecule has 0 aliphatic carbocycles. The third-order valence-electron chi connectivity index (χ3n) is 5.43. The molecule has 0 spiro atoms. The van der Waals surface area contributed by atoms with Crippen molar-refractivity contribution in [1.29, 1.82) is 0 Å². The summed E-state index contributed by atoms with van der Waals surface area (Å²) in [5, 5.41) is 12.6. The van der Waals surface area contributed by atoms with Crippen molar-refractivity contribution in [1.82, 2.24) is 5.32 Å². The van der Waals surface area contributed by atoms with Crippen LogP contribution in [-0.2, 0) is 35.2 Å². The van der Waals surface area contributed by atoms with E-state index in [2.05, 4.69) is 10.1 Å². The van der Waals surface area contributed by atoms with Crippen LogP contribution in [0.3, 0.4) is 0 Å². The molecule has 0 fully saturated rings. The molecule has 0 aliphatic rings. The number of ether oxygens (including phenoxy) is 2. The SMILES string of the molecule is CCOP(=O)(OCC)C(F)(F)c1ccc(CCC(=O)NCCCCOc2cccc(O)c2C(=O)OC)cc1. The molecule has 0 saturated heterocycles. The van der Waals surface area contributed by atoms with Crippen molar-refractivity contribution >= 4 is 19.5 Å². The summed E-state index contributed by atoms with van der Waals surface area (Å²) in [6.07, 6.45) is 1.69. The van der Waals surface area contributed by atoms with Crippen LogP contribution < -0.4 is 10.1 Å². The Hall–Kier alpha value is -3.01. The summed E-state index contributed by atoms with van der Waals surface area (Å²) in [4.78, 5) is 24.0. The highest BCUT2D eigenvalue weighted by atomic mass is 31.2. The molecule has 38 heavy (non-hydrogen) atoms. The van der Waals surface area contributed by atoms with Crippen molar-refractivity contribution in [3.63, 3.8) is 0 Å². The van der Waals surface area contributed by atoms with E-state index in [0.717, 1.165) is 12.1 Å². The summed E-state index contributed by atoms with van der Waals surface area (Å²) < 4.78 is 62.0. The molecule has 2 N–H and O–H groups in total. The van der Waals surface area contributed by atoms with Crippen molar-refractivity contribution < 1.29 is 46.6 Å². The second-order valence-electron chi connectivity index (χ2n) is 8.12. The highest BCUT2D eigenvalue weighted by Gasteiger charge is 2.54. The van der Waals surface area contributed by atoms with Crippen LogP contribution in [0.4, 0.5) is 8.78 Å². The molecule has 0 saturated carbocycles. The van der Waals surface area contributed by atoms with Gasteiger partial charge in [-0.2, -0.15) is 8.78 Å². The van der Waals surface area contributed by atoms with Crippen LogP contribution >= 0.6 is 7.60 Å². The monoisotopic (exact) mass is 557 g/mol. The van der Waals surface area contributed by atoms with Crippen LogP contribution in [0.2, 0.25) is 0 Å². The zero-order valence-corrected chi connectivity index (χ0v) is 22.6. The zero-order valence-electron chi connectivity index (χ0n) is 21.7. The van der Waals surface area contributed by atoms with Crippen molar-refractivity contribution in [3.8, 4) is 11.5 Å². The number of unbranched alkanes of at least 4 members (excludes halogenated alkanes) is 1. The average Bonchev–Trinajstić information content (AvgIpc) is 2.89. The number of carbonyl (C=O) groups excluding carboxylic acids is 2. The molecule has 0 aromatic heterocycles. The number of hydrogen-bond acceptors (Lipinski definition) is 8. The summed E-state index contributed by atoms with van der Waals surface area (Å²) in [6.45, 7) is 3.23. The van der Waals surface area contributed by atoms with Gasteiger partial charge in [0.2, 0.25) is 5.91 Å². The van der Waals surface area contributed by atoms with Crippen LogP contribution in [0.15, 0.2) is 42.5 Å². The van der Waals surface area contributed by atoms with Crippen LogP contribution in [0.25, 0.3) is 0 Å². The molecule has 1 amide bonds. The van der Waals surface area contributed by atoms with Gasteiger partial charge in [-0.25, -0.2) is 4.79 Å². The average molecular weight is 558 g/mol. The van der Waals surface area contributed by atoms with E-state index >= 15 is 0 Å². The van der Waals surface area contributed by atoms with Gasteiger partial charge in [-0.1, -0.05) is 30.3 Å². The number of nitrogens with one attached hydrogen (secondary N) is 1. The number of phenols is 1. The molecule has 0 bridgehead atoms. The first kappa shape index (κ1) is 31.2. The number of carbonyl (C=O) groups is 2. The number of benzene rings is 2. The van der Waals surface area contributed by atoms with E-state index in [1.807, 2.05) is 0 Å². The molecule has 210 valence electrons. The first-order chi connectivity index (χ1) is 18.1. The van der Waals surface area contributed by atoms with Crippen molar-refractivity contribution in [2.75, 3.05) is 33.5 Å². The fourth-order valence-corrected chi connectivity index (χ4v) is 5.04. The first-order valence-electron chi connectivity index (χ1n) is 12.3. The molecule has 0 heterocycles. The lowest BCUT2D eigenvalue weighted by Crippen LogP contribution is -2.25. The van der Waals surface area contributed by atoms with Crippen molar-refractivity contribution in [2.45, 2.75) is 45.2 Å². The summed E-state index contributed by atoms with van der Waals surface area (Å²) >= 11 is 0. The number of hydrogen-bond donors (Lipinski definition) is 2. The minimum Gasteiger partial charge on any atom is -0.507 e. The van der Waals surface area contributed by atoms with Crippen molar-refractivity contribution in [2.24, 2.45) is 0 Å². The molecule has 0 aliphatic heterocycles. The molecule has 0 atom stereocenters. The number of halogens is 2. The Balaban J connectivity index is 1.76. The Morgan fingerprint density at radius 2 is 1.68 bits per heavy atom. The molecule has 2 aromatic rings. The van der Waals surface area contributed by atoms with Crippen LogP contribution in [0.5, 0.6) is 11.5 Å². The summed E-state index contributed by atoms with van der Waals surface area (Å²) in [5.74, 6) is -0.924. The lowest BCUT2D eigenvalue weighted by Gasteiger charge is -2.26. The Morgan fingerprint density at radius 1 is 1.03 bits per heavy atom. The topological polar surface area (TPSA) is 120 Å². The fourth-order valence-electron chi connectivity index (χ4n) is 3.50. The van der Waals surface area contributed by atoms with E-state index in [1.54, 1.807) is 12.1 Å². The molecule has 9 nitrogen and oxygen atoms in total. The number of rotatable bonds is 16. The summed E-state index contributed by atoms with van der Waals surface area (Å²) in [5.41, 5.74) is -3.66. The highest BCUT2D eigenvalue weighted by Crippen LogP contribution is 2.66. The van der Waals surface area contributed by atoms with Gasteiger partial charge in [-0.15, -0.1) is 0 Å². The molecular formula is C26H34F2NO8P. The predicted octanol–water partition coefficient (Wildman–Crippen LogP) is 5.40. The van der Waals surface area contributed by atoms with Gasteiger partial charge in [0.1, 0.15) is 17.1 Å². The number of amides is 1. The zero-order chi connectivity index (χ0) is 28.2. The number of aryl methyl sites for hydroxylation is 1. The fraction of sp³-hybridized carbons (Fsp3) is 0.462. The van der Waals surface area contributed by atoms with Gasteiger partial charge in [0, 0.05) is 18.5 Å². The second-order valence-corrected chi connectivity index (χ2v) is 10.2. The molecule has 0 radical (unpaired) electrons. The summed E-state index contributed by atoms with van der Waals surface area (Å²) in [6, 6.07) is 9.71. The summed E-state index contributed by atoms with van der Waals surface area (Å²) in [7, 11) is -3.47. The van der Waals surface area contributed by atoms with Gasteiger partial charge < -0.3 is 28.9 Å². The van der Waals surface area contributed by atoms with E-state index in [-0.39, 0.29) is 49.2 Å².